The van der Waals surface area contributed by atoms with Crippen molar-refractivity contribution < 1.29 is 18.0 Å². The van der Waals surface area contributed by atoms with E-state index in [4.69, 9.17) is 0 Å². The molecular weight excluding hydrogens is 327 g/mol. The smallest absolute Gasteiger partial charge is 0.308 e. The molecule has 1 fully saturated rings. The SMILES string of the molecule is O=C(N1CCCCC1=C(c1ccccc1)c1ccccc1)C(F)(F)F. The highest BCUT2D eigenvalue weighted by Crippen LogP contribution is 2.35. The number of carbonyl (C=O) groups excluding carboxylic acids is 1. The highest BCUT2D eigenvalue weighted by atomic mass is 19.4. The van der Waals surface area contributed by atoms with Gasteiger partial charge in [0.25, 0.3) is 0 Å². The van der Waals surface area contributed by atoms with Crippen LogP contribution in [0.15, 0.2) is 66.4 Å². The zero-order chi connectivity index (χ0) is 17.9. The summed E-state index contributed by atoms with van der Waals surface area (Å²) in [6.07, 6.45) is -3.09. The van der Waals surface area contributed by atoms with Crippen molar-refractivity contribution in [3.05, 3.63) is 77.5 Å². The molecule has 1 aliphatic rings. The Morgan fingerprint density at radius 3 is 1.84 bits per heavy atom. The van der Waals surface area contributed by atoms with Crippen LogP contribution in [-0.4, -0.2) is 23.5 Å². The Balaban J connectivity index is 2.19. The van der Waals surface area contributed by atoms with Gasteiger partial charge >= 0.3 is 12.1 Å². The summed E-state index contributed by atoms with van der Waals surface area (Å²) in [5.74, 6) is -1.79. The summed E-state index contributed by atoms with van der Waals surface area (Å²) >= 11 is 0. The third-order valence-corrected chi connectivity index (χ3v) is 4.27. The summed E-state index contributed by atoms with van der Waals surface area (Å²) in [6.45, 7) is 0.0941. The predicted molar refractivity (Wildman–Crippen MR) is 90.5 cm³/mol. The first-order valence-corrected chi connectivity index (χ1v) is 8.21. The number of alkyl halides is 3. The molecule has 0 spiro atoms. The topological polar surface area (TPSA) is 20.3 Å². The van der Waals surface area contributed by atoms with E-state index in [2.05, 4.69) is 0 Å². The summed E-state index contributed by atoms with van der Waals surface area (Å²) < 4.78 is 39.2. The first-order valence-electron chi connectivity index (χ1n) is 8.21. The van der Waals surface area contributed by atoms with Crippen molar-refractivity contribution in [1.29, 1.82) is 0 Å². The second kappa shape index (κ2) is 7.13. The third kappa shape index (κ3) is 3.76. The number of hydrogen-bond acceptors (Lipinski definition) is 1. The van der Waals surface area contributed by atoms with Gasteiger partial charge in [0.05, 0.1) is 0 Å². The fourth-order valence-electron chi connectivity index (χ4n) is 3.18. The summed E-state index contributed by atoms with van der Waals surface area (Å²) in [7, 11) is 0. The Morgan fingerprint density at radius 1 is 0.840 bits per heavy atom. The third-order valence-electron chi connectivity index (χ3n) is 4.27. The fraction of sp³-hybridized carbons (Fsp3) is 0.250. The van der Waals surface area contributed by atoms with Crippen LogP contribution in [0.25, 0.3) is 5.57 Å². The first kappa shape index (κ1) is 17.3. The Bertz CT molecular complexity index is 725. The van der Waals surface area contributed by atoms with Crippen molar-refractivity contribution in [1.82, 2.24) is 4.90 Å². The number of benzene rings is 2. The second-order valence-corrected chi connectivity index (χ2v) is 5.97. The van der Waals surface area contributed by atoms with Crippen molar-refractivity contribution in [2.24, 2.45) is 0 Å². The number of rotatable bonds is 2. The van der Waals surface area contributed by atoms with Gasteiger partial charge in [0.15, 0.2) is 0 Å². The molecular formula is C20H18F3NO. The first-order chi connectivity index (χ1) is 12.0. The maximum atomic E-state index is 13.1. The summed E-state index contributed by atoms with van der Waals surface area (Å²) in [6, 6.07) is 18.5. The number of halogens is 3. The molecule has 3 rings (SSSR count). The number of amides is 1. The molecule has 0 N–H and O–H groups in total. The van der Waals surface area contributed by atoms with Crippen LogP contribution in [0, 0.1) is 0 Å². The minimum Gasteiger partial charge on any atom is -0.308 e. The average Bonchev–Trinajstić information content (AvgIpc) is 2.63. The van der Waals surface area contributed by atoms with Gasteiger partial charge in [-0.15, -0.1) is 0 Å². The van der Waals surface area contributed by atoms with Crippen LogP contribution < -0.4 is 0 Å². The van der Waals surface area contributed by atoms with Crippen LogP contribution in [0.2, 0.25) is 0 Å². The molecule has 25 heavy (non-hydrogen) atoms. The molecule has 1 amide bonds. The minimum absolute atomic E-state index is 0.0941. The van der Waals surface area contributed by atoms with E-state index in [1.165, 1.54) is 0 Å². The van der Waals surface area contributed by atoms with E-state index in [0.29, 0.717) is 24.1 Å². The van der Waals surface area contributed by atoms with Crippen LogP contribution in [0.3, 0.4) is 0 Å². The van der Waals surface area contributed by atoms with Crippen LogP contribution >= 0.6 is 0 Å². The van der Waals surface area contributed by atoms with Crippen LogP contribution in [0.5, 0.6) is 0 Å². The largest absolute Gasteiger partial charge is 0.471 e. The molecule has 0 saturated carbocycles. The summed E-state index contributed by atoms with van der Waals surface area (Å²) in [4.78, 5) is 12.9. The molecule has 2 nitrogen and oxygen atoms in total. The van der Waals surface area contributed by atoms with E-state index < -0.39 is 12.1 Å². The molecule has 0 bridgehead atoms. The van der Waals surface area contributed by atoms with E-state index >= 15 is 0 Å². The maximum Gasteiger partial charge on any atom is 0.471 e. The molecule has 0 atom stereocenters. The van der Waals surface area contributed by atoms with Crippen molar-refractivity contribution in [3.63, 3.8) is 0 Å². The van der Waals surface area contributed by atoms with Gasteiger partial charge < -0.3 is 4.90 Å². The number of piperidine rings is 1. The lowest BCUT2D eigenvalue weighted by molar-refractivity contribution is -0.184. The normalized spacial score (nSPS) is 15.2. The highest BCUT2D eigenvalue weighted by molar-refractivity contribution is 5.89. The van der Waals surface area contributed by atoms with Crippen molar-refractivity contribution in [3.8, 4) is 0 Å². The summed E-state index contributed by atoms with van der Waals surface area (Å²) in [5, 5.41) is 0. The molecule has 1 heterocycles. The lowest BCUT2D eigenvalue weighted by Gasteiger charge is -2.33. The van der Waals surface area contributed by atoms with Crippen LogP contribution in [-0.2, 0) is 4.79 Å². The Morgan fingerprint density at radius 2 is 1.36 bits per heavy atom. The van der Waals surface area contributed by atoms with Gasteiger partial charge in [-0.2, -0.15) is 13.2 Å². The Labute approximate surface area is 144 Å². The van der Waals surface area contributed by atoms with Crippen molar-refractivity contribution in [2.75, 3.05) is 6.54 Å². The van der Waals surface area contributed by atoms with Gasteiger partial charge in [-0.05, 0) is 30.4 Å². The number of carbonyl (C=O) groups is 1. The average molecular weight is 345 g/mol. The zero-order valence-corrected chi connectivity index (χ0v) is 13.6. The molecule has 130 valence electrons. The van der Waals surface area contributed by atoms with E-state index in [1.807, 2.05) is 60.7 Å². The molecule has 0 aliphatic carbocycles. The Kier molecular flexibility index (Phi) is 4.93. The number of likely N-dealkylation sites (tertiary alicyclic amines) is 1. The van der Waals surface area contributed by atoms with E-state index in [-0.39, 0.29) is 6.54 Å². The molecule has 0 aromatic heterocycles. The molecule has 1 saturated heterocycles. The van der Waals surface area contributed by atoms with Crippen LogP contribution in [0.4, 0.5) is 13.2 Å². The number of hydrogen-bond donors (Lipinski definition) is 0. The van der Waals surface area contributed by atoms with Gasteiger partial charge in [-0.1, -0.05) is 60.7 Å². The van der Waals surface area contributed by atoms with Crippen molar-refractivity contribution in [2.45, 2.75) is 25.4 Å². The minimum atomic E-state index is -4.87. The zero-order valence-electron chi connectivity index (χ0n) is 13.6. The molecule has 0 radical (unpaired) electrons. The maximum absolute atomic E-state index is 13.1. The second-order valence-electron chi connectivity index (χ2n) is 5.97. The van der Waals surface area contributed by atoms with E-state index in [9.17, 15) is 18.0 Å². The summed E-state index contributed by atoms with van der Waals surface area (Å²) in [5.41, 5.74) is 2.76. The van der Waals surface area contributed by atoms with Gasteiger partial charge in [0, 0.05) is 17.8 Å². The van der Waals surface area contributed by atoms with Crippen molar-refractivity contribution >= 4 is 11.5 Å². The highest BCUT2D eigenvalue weighted by Gasteiger charge is 2.44. The Hall–Kier alpha value is -2.56. The van der Waals surface area contributed by atoms with E-state index in [0.717, 1.165) is 22.4 Å². The predicted octanol–water partition coefficient (Wildman–Crippen LogP) is 5.02. The lowest BCUT2D eigenvalue weighted by Crippen LogP contribution is -2.43. The molecule has 2 aromatic rings. The van der Waals surface area contributed by atoms with Gasteiger partial charge in [0.1, 0.15) is 0 Å². The molecule has 5 heteroatoms. The standard InChI is InChI=1S/C20H18F3NO/c21-20(22,23)19(25)24-14-8-7-13-17(24)18(15-9-3-1-4-10-15)16-11-5-2-6-12-16/h1-6,9-12H,7-8,13-14H2. The van der Waals surface area contributed by atoms with E-state index in [1.54, 1.807) is 0 Å². The molecule has 1 aliphatic heterocycles. The molecule has 2 aromatic carbocycles. The monoisotopic (exact) mass is 345 g/mol. The number of allylic oxidation sites excluding steroid dienone is 1. The van der Waals surface area contributed by atoms with Gasteiger partial charge in [0.2, 0.25) is 0 Å². The van der Waals surface area contributed by atoms with Crippen LogP contribution in [0.1, 0.15) is 30.4 Å². The number of nitrogens with zero attached hydrogens (tertiary/aromatic N) is 1. The lowest BCUT2D eigenvalue weighted by atomic mass is 9.91. The molecule has 0 unspecified atom stereocenters. The van der Waals surface area contributed by atoms with Gasteiger partial charge in [-0.3, -0.25) is 4.79 Å². The fourth-order valence-corrected chi connectivity index (χ4v) is 3.18. The van der Waals surface area contributed by atoms with Gasteiger partial charge in [-0.25, -0.2) is 0 Å². The quantitative estimate of drug-likeness (QED) is 0.748.